The normalized spacial score (nSPS) is 10.1. The molecular formula is C12H9F2NO. The number of pyridine rings is 1. The highest BCUT2D eigenvalue weighted by atomic mass is 19.1. The smallest absolute Gasteiger partial charge is 0.167 e. The maximum Gasteiger partial charge on any atom is 0.167 e. The predicted molar refractivity (Wildman–Crippen MR) is 54.9 cm³/mol. The number of aromatic nitrogens is 1. The summed E-state index contributed by atoms with van der Waals surface area (Å²) >= 11 is 0. The Hall–Kier alpha value is -1.97. The van der Waals surface area contributed by atoms with Gasteiger partial charge < -0.3 is 4.74 Å². The quantitative estimate of drug-likeness (QED) is 0.795. The van der Waals surface area contributed by atoms with Gasteiger partial charge in [0, 0.05) is 18.5 Å². The first kappa shape index (κ1) is 10.5. The number of hydrogen-bond donors (Lipinski definition) is 0. The molecule has 2 aromatic rings. The fourth-order valence-electron chi connectivity index (χ4n) is 1.23. The van der Waals surface area contributed by atoms with Crippen molar-refractivity contribution in [3.05, 3.63) is 59.9 Å². The van der Waals surface area contributed by atoms with Gasteiger partial charge >= 0.3 is 0 Å². The van der Waals surface area contributed by atoms with Crippen LogP contribution in [0, 0.1) is 11.6 Å². The van der Waals surface area contributed by atoms with Crippen LogP contribution in [-0.4, -0.2) is 4.98 Å². The molecule has 0 saturated carbocycles. The summed E-state index contributed by atoms with van der Waals surface area (Å²) in [5.74, 6) is -1.28. The Morgan fingerprint density at radius 3 is 2.50 bits per heavy atom. The van der Waals surface area contributed by atoms with Gasteiger partial charge in [-0.05, 0) is 29.8 Å². The molecule has 1 heterocycles. The Morgan fingerprint density at radius 1 is 1.06 bits per heavy atom. The van der Waals surface area contributed by atoms with E-state index < -0.39 is 11.6 Å². The fourth-order valence-corrected chi connectivity index (χ4v) is 1.23. The van der Waals surface area contributed by atoms with Crippen molar-refractivity contribution in [2.45, 2.75) is 6.61 Å². The monoisotopic (exact) mass is 221 g/mol. The Bertz CT molecular complexity index is 474. The molecule has 0 radical (unpaired) electrons. The lowest BCUT2D eigenvalue weighted by Crippen LogP contribution is -1.97. The van der Waals surface area contributed by atoms with E-state index in [0.29, 0.717) is 0 Å². The molecule has 0 saturated heterocycles. The van der Waals surface area contributed by atoms with Crippen molar-refractivity contribution in [1.29, 1.82) is 0 Å². The molecule has 0 bridgehead atoms. The van der Waals surface area contributed by atoms with Gasteiger partial charge in [0.1, 0.15) is 12.4 Å². The van der Waals surface area contributed by atoms with Gasteiger partial charge in [-0.3, -0.25) is 4.98 Å². The molecule has 4 heteroatoms. The zero-order valence-corrected chi connectivity index (χ0v) is 8.36. The van der Waals surface area contributed by atoms with E-state index in [-0.39, 0.29) is 12.4 Å². The zero-order valence-electron chi connectivity index (χ0n) is 8.36. The SMILES string of the molecule is Fc1ccc(OCc2ccncc2)c(F)c1. The first-order valence-corrected chi connectivity index (χ1v) is 4.72. The molecule has 82 valence electrons. The summed E-state index contributed by atoms with van der Waals surface area (Å²) in [6.45, 7) is 0.227. The Labute approximate surface area is 91.5 Å². The van der Waals surface area contributed by atoms with Gasteiger partial charge in [0.2, 0.25) is 0 Å². The number of halogens is 2. The number of ether oxygens (including phenoxy) is 1. The molecule has 0 N–H and O–H groups in total. The van der Waals surface area contributed by atoms with Crippen molar-refractivity contribution in [3.8, 4) is 5.75 Å². The second-order valence-electron chi connectivity index (χ2n) is 3.22. The van der Waals surface area contributed by atoms with Crippen LogP contribution in [0.15, 0.2) is 42.7 Å². The molecule has 0 unspecified atom stereocenters. The van der Waals surface area contributed by atoms with Crippen LogP contribution in [0.2, 0.25) is 0 Å². The molecule has 2 nitrogen and oxygen atoms in total. The Kier molecular flexibility index (Phi) is 3.10. The minimum atomic E-state index is -0.700. The zero-order chi connectivity index (χ0) is 11.4. The summed E-state index contributed by atoms with van der Waals surface area (Å²) in [5, 5.41) is 0. The average Bonchev–Trinajstić information content (AvgIpc) is 2.29. The van der Waals surface area contributed by atoms with Crippen molar-refractivity contribution < 1.29 is 13.5 Å². The van der Waals surface area contributed by atoms with Gasteiger partial charge in [-0.2, -0.15) is 0 Å². The first-order valence-electron chi connectivity index (χ1n) is 4.72. The lowest BCUT2D eigenvalue weighted by molar-refractivity contribution is 0.289. The van der Waals surface area contributed by atoms with E-state index in [9.17, 15) is 8.78 Å². The highest BCUT2D eigenvalue weighted by Gasteiger charge is 2.04. The summed E-state index contributed by atoms with van der Waals surface area (Å²) in [6.07, 6.45) is 3.25. The summed E-state index contributed by atoms with van der Waals surface area (Å²) < 4.78 is 31.0. The number of hydrogen-bond acceptors (Lipinski definition) is 2. The van der Waals surface area contributed by atoms with Crippen LogP contribution in [0.25, 0.3) is 0 Å². The van der Waals surface area contributed by atoms with E-state index in [2.05, 4.69) is 4.98 Å². The van der Waals surface area contributed by atoms with Crippen LogP contribution < -0.4 is 4.74 Å². The number of nitrogens with zero attached hydrogens (tertiary/aromatic N) is 1. The molecule has 0 aliphatic carbocycles. The molecule has 16 heavy (non-hydrogen) atoms. The van der Waals surface area contributed by atoms with E-state index in [4.69, 9.17) is 4.74 Å². The van der Waals surface area contributed by atoms with Gasteiger partial charge in [-0.25, -0.2) is 8.78 Å². The number of benzene rings is 1. The maximum atomic E-state index is 13.2. The van der Waals surface area contributed by atoms with Crippen LogP contribution in [0.3, 0.4) is 0 Å². The Morgan fingerprint density at radius 2 is 1.81 bits per heavy atom. The molecular weight excluding hydrogens is 212 g/mol. The molecule has 0 atom stereocenters. The second kappa shape index (κ2) is 4.70. The van der Waals surface area contributed by atoms with Crippen LogP contribution in [0.1, 0.15) is 5.56 Å². The van der Waals surface area contributed by atoms with Crippen molar-refractivity contribution in [2.75, 3.05) is 0 Å². The van der Waals surface area contributed by atoms with Crippen LogP contribution in [0.4, 0.5) is 8.78 Å². The summed E-state index contributed by atoms with van der Waals surface area (Å²) in [7, 11) is 0. The molecule has 1 aromatic heterocycles. The number of rotatable bonds is 3. The standard InChI is InChI=1S/C12H9F2NO/c13-10-1-2-12(11(14)7-10)16-8-9-3-5-15-6-4-9/h1-7H,8H2. The van der Waals surface area contributed by atoms with E-state index in [1.807, 2.05) is 0 Å². The highest BCUT2D eigenvalue weighted by molar-refractivity contribution is 5.25. The molecule has 0 aliphatic rings. The topological polar surface area (TPSA) is 22.1 Å². The summed E-state index contributed by atoms with van der Waals surface area (Å²) in [6, 6.07) is 6.75. The summed E-state index contributed by atoms with van der Waals surface area (Å²) in [4.78, 5) is 3.85. The van der Waals surface area contributed by atoms with Crippen molar-refractivity contribution in [3.63, 3.8) is 0 Å². The lowest BCUT2D eigenvalue weighted by atomic mass is 10.3. The fraction of sp³-hybridized carbons (Fsp3) is 0.0833. The van der Waals surface area contributed by atoms with Gasteiger partial charge in [0.05, 0.1) is 0 Å². The second-order valence-corrected chi connectivity index (χ2v) is 3.22. The van der Waals surface area contributed by atoms with Gasteiger partial charge in [0.25, 0.3) is 0 Å². The molecule has 0 aliphatic heterocycles. The third kappa shape index (κ3) is 2.53. The molecule has 1 aromatic carbocycles. The van der Waals surface area contributed by atoms with Crippen LogP contribution >= 0.6 is 0 Å². The van der Waals surface area contributed by atoms with Gasteiger partial charge in [-0.1, -0.05) is 0 Å². The van der Waals surface area contributed by atoms with Gasteiger partial charge in [0.15, 0.2) is 11.6 Å². The molecule has 0 fully saturated rings. The van der Waals surface area contributed by atoms with Crippen molar-refractivity contribution in [1.82, 2.24) is 4.98 Å². The minimum absolute atomic E-state index is 0.0400. The minimum Gasteiger partial charge on any atom is -0.486 e. The third-order valence-electron chi connectivity index (χ3n) is 2.04. The summed E-state index contributed by atoms with van der Waals surface area (Å²) in [5.41, 5.74) is 0.874. The largest absolute Gasteiger partial charge is 0.486 e. The van der Waals surface area contributed by atoms with E-state index >= 15 is 0 Å². The molecule has 2 rings (SSSR count). The van der Waals surface area contributed by atoms with E-state index in [0.717, 1.165) is 17.7 Å². The van der Waals surface area contributed by atoms with Crippen molar-refractivity contribution in [2.24, 2.45) is 0 Å². The van der Waals surface area contributed by atoms with Gasteiger partial charge in [-0.15, -0.1) is 0 Å². The van der Waals surface area contributed by atoms with E-state index in [1.165, 1.54) is 6.07 Å². The third-order valence-corrected chi connectivity index (χ3v) is 2.04. The molecule has 0 amide bonds. The molecule has 0 spiro atoms. The van der Waals surface area contributed by atoms with Crippen molar-refractivity contribution >= 4 is 0 Å². The first-order chi connectivity index (χ1) is 7.75. The van der Waals surface area contributed by atoms with Crippen LogP contribution in [0.5, 0.6) is 5.75 Å². The average molecular weight is 221 g/mol. The Balaban J connectivity index is 2.05. The lowest BCUT2D eigenvalue weighted by Gasteiger charge is -2.06. The predicted octanol–water partition coefficient (Wildman–Crippen LogP) is 2.94. The van der Waals surface area contributed by atoms with Crippen LogP contribution in [-0.2, 0) is 6.61 Å². The highest BCUT2D eigenvalue weighted by Crippen LogP contribution is 2.18. The maximum absolute atomic E-state index is 13.2. The van der Waals surface area contributed by atoms with E-state index in [1.54, 1.807) is 24.5 Å².